The number of carbonyl (C=O) groups excluding carboxylic acids is 1. The van der Waals surface area contributed by atoms with E-state index in [1.807, 2.05) is 13.8 Å². The van der Waals surface area contributed by atoms with Crippen molar-refractivity contribution in [3.63, 3.8) is 0 Å². The van der Waals surface area contributed by atoms with E-state index in [2.05, 4.69) is 20.9 Å². The molecule has 2 N–H and O–H groups in total. The van der Waals surface area contributed by atoms with Crippen LogP contribution in [0.4, 0.5) is 8.78 Å². The van der Waals surface area contributed by atoms with Crippen molar-refractivity contribution >= 4 is 34.7 Å². The maximum absolute atomic E-state index is 15.3. The number of rotatable bonds is 6. The molecule has 0 spiro atoms. The molecule has 1 aromatic heterocycles. The lowest BCUT2D eigenvalue weighted by atomic mass is 9.73. The summed E-state index contributed by atoms with van der Waals surface area (Å²) in [7, 11) is 0. The molecule has 0 saturated carbocycles. The SMILES string of the molecule is C#CCOc1cnc(/C(F)=C/c2ccc(F)c([C@@]3(C)N=C(N)S[C@](C)(C(=O)N4CCOCC4)[C@H]3C)c2)cn1. The van der Waals surface area contributed by atoms with Gasteiger partial charge in [-0.2, -0.15) is 0 Å². The Hall–Kier alpha value is -3.49. The zero-order valence-electron chi connectivity index (χ0n) is 21.4. The van der Waals surface area contributed by atoms with Crippen molar-refractivity contribution < 1.29 is 23.0 Å². The van der Waals surface area contributed by atoms with E-state index >= 15 is 8.78 Å². The fourth-order valence-corrected chi connectivity index (χ4v) is 5.96. The van der Waals surface area contributed by atoms with E-state index in [-0.39, 0.29) is 34.8 Å². The van der Waals surface area contributed by atoms with Crippen LogP contribution in [0.15, 0.2) is 35.6 Å². The summed E-state index contributed by atoms with van der Waals surface area (Å²) in [5.41, 5.74) is 5.61. The average Bonchev–Trinajstić information content (AvgIpc) is 2.91. The highest BCUT2D eigenvalue weighted by Gasteiger charge is 2.55. The molecule has 1 fully saturated rings. The number of hydrogen-bond acceptors (Lipinski definition) is 8. The second-order valence-corrected chi connectivity index (χ2v) is 10.9. The number of terminal acetylenes is 1. The molecule has 38 heavy (non-hydrogen) atoms. The minimum Gasteiger partial charge on any atom is -0.463 e. The molecule has 0 unspecified atom stereocenters. The van der Waals surface area contributed by atoms with Gasteiger partial charge in [-0.25, -0.2) is 18.7 Å². The van der Waals surface area contributed by atoms with Crippen molar-refractivity contribution in [2.45, 2.75) is 31.1 Å². The van der Waals surface area contributed by atoms with Crippen LogP contribution in [-0.4, -0.2) is 63.6 Å². The van der Waals surface area contributed by atoms with Crippen molar-refractivity contribution in [2.24, 2.45) is 16.6 Å². The van der Waals surface area contributed by atoms with E-state index in [9.17, 15) is 4.79 Å². The molecular formula is C27H29F2N5O3S. The van der Waals surface area contributed by atoms with E-state index in [1.165, 1.54) is 48.4 Å². The van der Waals surface area contributed by atoms with E-state index in [0.29, 0.717) is 31.9 Å². The number of carbonyl (C=O) groups is 1. The van der Waals surface area contributed by atoms with Crippen molar-refractivity contribution in [2.75, 3.05) is 32.9 Å². The summed E-state index contributed by atoms with van der Waals surface area (Å²) in [5.74, 6) is 0.720. The summed E-state index contributed by atoms with van der Waals surface area (Å²) in [6, 6.07) is 4.23. The number of amidine groups is 1. The first-order valence-electron chi connectivity index (χ1n) is 12.1. The van der Waals surface area contributed by atoms with Crippen molar-refractivity contribution in [1.82, 2.24) is 14.9 Å². The Bertz CT molecular complexity index is 1310. The predicted octanol–water partition coefficient (Wildman–Crippen LogP) is 3.63. The number of hydrogen-bond donors (Lipinski definition) is 1. The van der Waals surface area contributed by atoms with Gasteiger partial charge in [-0.05, 0) is 37.6 Å². The van der Waals surface area contributed by atoms with Gasteiger partial charge in [-0.1, -0.05) is 30.7 Å². The van der Waals surface area contributed by atoms with Gasteiger partial charge in [0.05, 0.1) is 31.1 Å². The van der Waals surface area contributed by atoms with Crippen LogP contribution in [-0.2, 0) is 15.1 Å². The van der Waals surface area contributed by atoms with Crippen molar-refractivity contribution in [3.05, 3.63) is 53.2 Å². The number of ether oxygens (including phenoxy) is 2. The first-order valence-corrected chi connectivity index (χ1v) is 12.9. The molecule has 0 bridgehead atoms. The van der Waals surface area contributed by atoms with Gasteiger partial charge in [-0.3, -0.25) is 9.79 Å². The Morgan fingerprint density at radius 1 is 1.34 bits per heavy atom. The number of aliphatic imine (C=N–C) groups is 1. The molecular weight excluding hydrogens is 512 g/mol. The number of nitrogens with zero attached hydrogens (tertiary/aromatic N) is 4. The van der Waals surface area contributed by atoms with Crippen molar-refractivity contribution in [1.29, 1.82) is 0 Å². The van der Waals surface area contributed by atoms with E-state index < -0.39 is 27.8 Å². The van der Waals surface area contributed by atoms with Gasteiger partial charge in [0.25, 0.3) is 0 Å². The highest BCUT2D eigenvalue weighted by atomic mass is 32.2. The van der Waals surface area contributed by atoms with Crippen LogP contribution in [0.2, 0.25) is 0 Å². The summed E-state index contributed by atoms with van der Waals surface area (Å²) < 4.78 is 39.9. The van der Waals surface area contributed by atoms with E-state index in [0.717, 1.165) is 0 Å². The van der Waals surface area contributed by atoms with Crippen LogP contribution < -0.4 is 10.5 Å². The van der Waals surface area contributed by atoms with E-state index in [4.69, 9.17) is 21.6 Å². The molecule has 3 heterocycles. The molecule has 4 rings (SSSR count). The molecule has 1 amide bonds. The molecule has 2 aliphatic rings. The van der Waals surface area contributed by atoms with Crippen LogP contribution in [0, 0.1) is 24.1 Å². The highest BCUT2D eigenvalue weighted by molar-refractivity contribution is 8.15. The predicted molar refractivity (Wildman–Crippen MR) is 143 cm³/mol. The Labute approximate surface area is 224 Å². The monoisotopic (exact) mass is 541 g/mol. The van der Waals surface area contributed by atoms with Gasteiger partial charge in [0.1, 0.15) is 16.3 Å². The molecule has 3 atom stereocenters. The van der Waals surface area contributed by atoms with Crippen LogP contribution in [0.3, 0.4) is 0 Å². The smallest absolute Gasteiger partial charge is 0.239 e. The second-order valence-electron chi connectivity index (χ2n) is 9.40. The zero-order chi connectivity index (χ0) is 27.5. The largest absolute Gasteiger partial charge is 0.463 e. The number of halogens is 2. The minimum absolute atomic E-state index is 0.0183. The molecule has 8 nitrogen and oxygen atoms in total. The number of morpholine rings is 1. The van der Waals surface area contributed by atoms with Gasteiger partial charge < -0.3 is 20.1 Å². The summed E-state index contributed by atoms with van der Waals surface area (Å²) in [5, 5.41) is 0.184. The van der Waals surface area contributed by atoms with Crippen LogP contribution in [0.25, 0.3) is 11.9 Å². The second kappa shape index (κ2) is 11.1. The van der Waals surface area contributed by atoms with Crippen LogP contribution in [0.1, 0.15) is 37.6 Å². The molecule has 1 saturated heterocycles. The van der Waals surface area contributed by atoms with E-state index in [1.54, 1.807) is 11.8 Å². The summed E-state index contributed by atoms with van der Waals surface area (Å²) in [6.07, 6.45) is 8.86. The van der Waals surface area contributed by atoms with Crippen LogP contribution >= 0.6 is 11.8 Å². The normalized spacial score (nSPS) is 25.9. The summed E-state index contributed by atoms with van der Waals surface area (Å²) in [4.78, 5) is 28.0. The number of thioether (sulfide) groups is 1. The fourth-order valence-electron chi connectivity index (χ4n) is 4.66. The number of nitrogens with two attached hydrogens (primary N) is 1. The van der Waals surface area contributed by atoms with Gasteiger partial charge in [0, 0.05) is 24.6 Å². The Morgan fingerprint density at radius 2 is 2.08 bits per heavy atom. The number of benzene rings is 1. The lowest BCUT2D eigenvalue weighted by molar-refractivity contribution is -0.139. The van der Waals surface area contributed by atoms with Crippen LogP contribution in [0.5, 0.6) is 5.88 Å². The lowest BCUT2D eigenvalue weighted by Gasteiger charge is -2.48. The molecule has 11 heteroatoms. The number of amides is 1. The Morgan fingerprint density at radius 3 is 2.74 bits per heavy atom. The maximum atomic E-state index is 15.3. The maximum Gasteiger partial charge on any atom is 0.239 e. The average molecular weight is 542 g/mol. The molecule has 1 aromatic carbocycles. The topological polar surface area (TPSA) is 103 Å². The fraction of sp³-hybridized carbons (Fsp3) is 0.407. The first-order chi connectivity index (χ1) is 18.1. The Kier molecular flexibility index (Phi) is 8.04. The first kappa shape index (κ1) is 27.5. The third kappa shape index (κ3) is 5.37. The summed E-state index contributed by atoms with van der Waals surface area (Å²) in [6.45, 7) is 7.32. The molecule has 2 aromatic rings. The van der Waals surface area contributed by atoms with Gasteiger partial charge in [0.2, 0.25) is 11.8 Å². The zero-order valence-corrected chi connectivity index (χ0v) is 22.2. The van der Waals surface area contributed by atoms with Gasteiger partial charge in [0.15, 0.2) is 17.6 Å². The lowest BCUT2D eigenvalue weighted by Crippen LogP contribution is -2.58. The Balaban J connectivity index is 1.66. The highest BCUT2D eigenvalue weighted by Crippen LogP contribution is 2.51. The summed E-state index contributed by atoms with van der Waals surface area (Å²) >= 11 is 1.18. The van der Waals surface area contributed by atoms with Crippen molar-refractivity contribution in [3.8, 4) is 18.2 Å². The quantitative estimate of drug-likeness (QED) is 0.557. The van der Waals surface area contributed by atoms with Gasteiger partial charge in [-0.15, -0.1) is 6.42 Å². The molecule has 0 aliphatic carbocycles. The molecule has 2 aliphatic heterocycles. The third-order valence-electron chi connectivity index (χ3n) is 7.06. The standard InChI is InChI=1S/C27H29F2N5O3S/c1-5-10-37-23-16-31-22(15-32-23)21(29)14-18-6-7-20(28)19(13-18)26(3)17(2)27(4,38-25(30)33-26)24(35)34-8-11-36-12-9-34/h1,6-7,13-17H,8-12H2,2-4H3,(H2,30,33)/b21-14-/t17-,26-,27-/m0/s1. The molecule has 200 valence electrons. The molecule has 0 radical (unpaired) electrons. The third-order valence-corrected chi connectivity index (χ3v) is 8.31. The number of aromatic nitrogens is 2. The van der Waals surface area contributed by atoms with Gasteiger partial charge >= 0.3 is 0 Å². The minimum atomic E-state index is -1.19.